The van der Waals surface area contributed by atoms with Crippen LogP contribution in [0.5, 0.6) is 5.75 Å². The average molecular weight is 312 g/mol. The summed E-state index contributed by atoms with van der Waals surface area (Å²) in [4.78, 5) is 12.5. The van der Waals surface area contributed by atoms with Gasteiger partial charge in [0.05, 0.1) is 7.11 Å². The topological polar surface area (TPSA) is 64.4 Å². The lowest BCUT2D eigenvalue weighted by Crippen LogP contribution is -2.33. The van der Waals surface area contributed by atoms with Crippen LogP contribution in [0, 0.1) is 0 Å². The van der Waals surface area contributed by atoms with E-state index in [9.17, 15) is 4.79 Å². The van der Waals surface area contributed by atoms with E-state index in [2.05, 4.69) is 16.5 Å². The third-order valence-electron chi connectivity index (χ3n) is 4.90. The first kappa shape index (κ1) is 14.3. The molecule has 1 fully saturated rings. The van der Waals surface area contributed by atoms with Crippen LogP contribution in [0.2, 0.25) is 0 Å². The molecule has 0 unspecified atom stereocenters. The monoisotopic (exact) mass is 312 g/mol. The minimum absolute atomic E-state index is 0.103. The van der Waals surface area contributed by atoms with Crippen LogP contribution in [0.15, 0.2) is 22.7 Å². The van der Waals surface area contributed by atoms with E-state index in [4.69, 9.17) is 9.26 Å². The highest BCUT2D eigenvalue weighted by Crippen LogP contribution is 2.37. The molecule has 5 nitrogen and oxygen atoms in total. The molecule has 0 aliphatic heterocycles. The molecule has 1 aromatic heterocycles. The van der Waals surface area contributed by atoms with Gasteiger partial charge in [-0.1, -0.05) is 24.1 Å². The molecule has 2 aliphatic rings. The predicted octanol–water partition coefficient (Wildman–Crippen LogP) is 3.12. The summed E-state index contributed by atoms with van der Waals surface area (Å²) in [7, 11) is 1.65. The van der Waals surface area contributed by atoms with Gasteiger partial charge in [-0.3, -0.25) is 4.79 Å². The van der Waals surface area contributed by atoms with Crippen LogP contribution in [0.1, 0.15) is 47.3 Å². The lowest BCUT2D eigenvalue weighted by molar-refractivity contribution is 0.0928. The van der Waals surface area contributed by atoms with Crippen molar-refractivity contribution in [3.8, 4) is 17.1 Å². The number of hydrogen-bond donors (Lipinski definition) is 1. The Hall–Kier alpha value is -2.30. The van der Waals surface area contributed by atoms with Crippen LogP contribution in [0.4, 0.5) is 0 Å². The zero-order valence-corrected chi connectivity index (χ0v) is 13.2. The smallest absolute Gasteiger partial charge is 0.273 e. The van der Waals surface area contributed by atoms with Crippen LogP contribution in [0.25, 0.3) is 11.3 Å². The van der Waals surface area contributed by atoms with Gasteiger partial charge < -0.3 is 14.6 Å². The van der Waals surface area contributed by atoms with Gasteiger partial charge in [0, 0.05) is 17.2 Å². The van der Waals surface area contributed by atoms with E-state index in [-0.39, 0.29) is 11.9 Å². The molecule has 1 saturated carbocycles. The number of benzene rings is 1. The molecule has 120 valence electrons. The van der Waals surface area contributed by atoms with Gasteiger partial charge in [0.1, 0.15) is 5.75 Å². The van der Waals surface area contributed by atoms with E-state index in [0.717, 1.165) is 42.6 Å². The average Bonchev–Trinajstić information content (AvgIpc) is 3.23. The van der Waals surface area contributed by atoms with Crippen LogP contribution in [-0.4, -0.2) is 24.2 Å². The standard InChI is InChI=1S/C18H20N2O3/c1-22-13-8-6-11-7-9-14-16(20-23-17(14)15(11)10-13)18(21)19-12-4-2-3-5-12/h6,8,10,12H,2-5,7,9H2,1H3,(H,19,21). The maximum atomic E-state index is 12.5. The Morgan fingerprint density at radius 3 is 2.91 bits per heavy atom. The number of carbonyl (C=O) groups is 1. The Labute approximate surface area is 135 Å². The van der Waals surface area contributed by atoms with E-state index < -0.39 is 0 Å². The van der Waals surface area contributed by atoms with E-state index in [1.807, 2.05) is 12.1 Å². The van der Waals surface area contributed by atoms with Crippen molar-refractivity contribution < 1.29 is 14.1 Å². The summed E-state index contributed by atoms with van der Waals surface area (Å²) in [6, 6.07) is 6.24. The summed E-state index contributed by atoms with van der Waals surface area (Å²) in [5.41, 5.74) is 3.55. The van der Waals surface area contributed by atoms with Crippen molar-refractivity contribution in [2.24, 2.45) is 0 Å². The second kappa shape index (κ2) is 5.72. The first-order chi connectivity index (χ1) is 11.3. The molecular formula is C18H20N2O3. The molecule has 0 atom stereocenters. The number of ether oxygens (including phenoxy) is 1. The SMILES string of the molecule is COc1ccc2c(c1)-c1onc(C(=O)NC3CCCC3)c1CC2. The lowest BCUT2D eigenvalue weighted by atomic mass is 9.89. The van der Waals surface area contributed by atoms with Gasteiger partial charge >= 0.3 is 0 Å². The quantitative estimate of drug-likeness (QED) is 0.945. The van der Waals surface area contributed by atoms with Crippen molar-refractivity contribution in [2.75, 3.05) is 7.11 Å². The molecule has 1 heterocycles. The van der Waals surface area contributed by atoms with E-state index in [1.165, 1.54) is 18.4 Å². The Balaban J connectivity index is 1.65. The largest absolute Gasteiger partial charge is 0.497 e. The summed E-state index contributed by atoms with van der Waals surface area (Å²) in [6.45, 7) is 0. The highest BCUT2D eigenvalue weighted by Gasteiger charge is 2.29. The van der Waals surface area contributed by atoms with Gasteiger partial charge in [-0.15, -0.1) is 0 Å². The summed E-state index contributed by atoms with van der Waals surface area (Å²) in [5, 5.41) is 7.16. The molecule has 0 radical (unpaired) electrons. The highest BCUT2D eigenvalue weighted by molar-refractivity contribution is 5.95. The first-order valence-electron chi connectivity index (χ1n) is 8.23. The van der Waals surface area contributed by atoms with E-state index in [0.29, 0.717) is 11.5 Å². The van der Waals surface area contributed by atoms with Gasteiger partial charge in [0.25, 0.3) is 5.91 Å². The fourth-order valence-corrected chi connectivity index (χ4v) is 3.63. The fourth-order valence-electron chi connectivity index (χ4n) is 3.63. The van der Waals surface area contributed by atoms with Gasteiger partial charge in [0.2, 0.25) is 0 Å². The summed E-state index contributed by atoms with van der Waals surface area (Å²) in [6.07, 6.45) is 6.17. The number of hydrogen-bond acceptors (Lipinski definition) is 4. The zero-order chi connectivity index (χ0) is 15.8. The molecule has 1 N–H and O–H groups in total. The second-order valence-corrected chi connectivity index (χ2v) is 6.32. The fraction of sp³-hybridized carbons (Fsp3) is 0.444. The number of nitrogens with zero attached hydrogens (tertiary/aromatic N) is 1. The molecule has 5 heteroatoms. The van der Waals surface area contributed by atoms with Gasteiger partial charge in [-0.25, -0.2) is 0 Å². The zero-order valence-electron chi connectivity index (χ0n) is 13.2. The molecule has 2 aliphatic carbocycles. The Morgan fingerprint density at radius 1 is 1.30 bits per heavy atom. The van der Waals surface area contributed by atoms with Gasteiger partial charge in [-0.05, 0) is 43.4 Å². The number of amides is 1. The minimum Gasteiger partial charge on any atom is -0.497 e. The van der Waals surface area contributed by atoms with Gasteiger partial charge in [0.15, 0.2) is 11.5 Å². The van der Waals surface area contributed by atoms with Crippen LogP contribution in [0.3, 0.4) is 0 Å². The maximum Gasteiger partial charge on any atom is 0.273 e. The molecule has 0 saturated heterocycles. The number of fused-ring (bicyclic) bond motifs is 3. The summed E-state index contributed by atoms with van der Waals surface area (Å²) >= 11 is 0. The molecule has 1 amide bonds. The van der Waals surface area contributed by atoms with E-state index in [1.54, 1.807) is 7.11 Å². The second-order valence-electron chi connectivity index (χ2n) is 6.32. The van der Waals surface area contributed by atoms with Crippen molar-refractivity contribution in [1.29, 1.82) is 0 Å². The van der Waals surface area contributed by atoms with Crippen molar-refractivity contribution in [1.82, 2.24) is 10.5 Å². The van der Waals surface area contributed by atoms with Crippen LogP contribution >= 0.6 is 0 Å². The first-order valence-corrected chi connectivity index (χ1v) is 8.23. The normalized spacial score (nSPS) is 16.7. The molecule has 2 aromatic rings. The summed E-state index contributed by atoms with van der Waals surface area (Å²) in [5.74, 6) is 1.39. The molecule has 0 spiro atoms. The molecule has 0 bridgehead atoms. The highest BCUT2D eigenvalue weighted by atomic mass is 16.5. The number of aromatic nitrogens is 1. The van der Waals surface area contributed by atoms with Gasteiger partial charge in [-0.2, -0.15) is 0 Å². The number of methoxy groups -OCH3 is 1. The third-order valence-corrected chi connectivity index (χ3v) is 4.90. The molecule has 23 heavy (non-hydrogen) atoms. The van der Waals surface area contributed by atoms with Crippen molar-refractivity contribution in [3.63, 3.8) is 0 Å². The molecular weight excluding hydrogens is 292 g/mol. The Kier molecular flexibility index (Phi) is 3.56. The third kappa shape index (κ3) is 2.50. The Bertz CT molecular complexity index is 745. The number of carbonyl (C=O) groups excluding carboxylic acids is 1. The molecule has 1 aromatic carbocycles. The van der Waals surface area contributed by atoms with Crippen LogP contribution < -0.4 is 10.1 Å². The minimum atomic E-state index is -0.103. The predicted molar refractivity (Wildman–Crippen MR) is 85.6 cm³/mol. The number of nitrogens with one attached hydrogen (secondary N) is 1. The van der Waals surface area contributed by atoms with Crippen molar-refractivity contribution in [2.45, 2.75) is 44.6 Å². The van der Waals surface area contributed by atoms with Crippen LogP contribution in [-0.2, 0) is 12.8 Å². The van der Waals surface area contributed by atoms with Crippen molar-refractivity contribution >= 4 is 5.91 Å². The lowest BCUT2D eigenvalue weighted by Gasteiger charge is -2.16. The maximum absolute atomic E-state index is 12.5. The number of aryl methyl sites for hydroxylation is 1. The summed E-state index contributed by atoms with van der Waals surface area (Å²) < 4.78 is 10.8. The number of rotatable bonds is 3. The Morgan fingerprint density at radius 2 is 2.13 bits per heavy atom. The van der Waals surface area contributed by atoms with Crippen molar-refractivity contribution in [3.05, 3.63) is 35.0 Å². The molecule has 4 rings (SSSR count). The van der Waals surface area contributed by atoms with E-state index >= 15 is 0 Å².